The summed E-state index contributed by atoms with van der Waals surface area (Å²) in [6.07, 6.45) is 4.97. The molecule has 18 heavy (non-hydrogen) atoms. The van der Waals surface area contributed by atoms with Crippen LogP contribution in [0.1, 0.15) is 52.9 Å². The monoisotopic (exact) mass is 256 g/mol. The Morgan fingerprint density at radius 1 is 1.61 bits per heavy atom. The maximum absolute atomic E-state index is 12.4. The molecule has 3 N–H and O–H groups in total. The number of nitrogens with two attached hydrogens (primary N) is 1. The van der Waals surface area contributed by atoms with E-state index in [1.165, 1.54) is 6.42 Å². The highest BCUT2D eigenvalue weighted by Crippen LogP contribution is 2.32. The molecule has 0 heterocycles. The lowest BCUT2D eigenvalue weighted by atomic mass is 9.76. The maximum atomic E-state index is 12.4. The number of methoxy groups -OCH3 is 1. The van der Waals surface area contributed by atoms with Gasteiger partial charge in [0.05, 0.1) is 5.54 Å². The Kier molecular flexibility index (Phi) is 5.17. The molecule has 0 aromatic heterocycles. The third-order valence-electron chi connectivity index (χ3n) is 4.47. The van der Waals surface area contributed by atoms with E-state index in [1.807, 2.05) is 13.8 Å². The van der Waals surface area contributed by atoms with Crippen LogP contribution >= 0.6 is 0 Å². The van der Waals surface area contributed by atoms with Gasteiger partial charge in [-0.2, -0.15) is 0 Å². The molecule has 0 radical (unpaired) electrons. The Balaban J connectivity index is 2.76. The molecule has 3 atom stereocenters. The molecule has 1 saturated carbocycles. The maximum Gasteiger partial charge on any atom is 0.252 e. The molecule has 4 nitrogen and oxygen atoms in total. The van der Waals surface area contributed by atoms with Crippen LogP contribution in [0.15, 0.2) is 0 Å². The van der Waals surface area contributed by atoms with E-state index >= 15 is 0 Å². The largest absolute Gasteiger partial charge is 0.369 e. The normalized spacial score (nSPS) is 31.7. The molecule has 4 heteroatoms. The average molecular weight is 256 g/mol. The molecule has 3 unspecified atom stereocenters. The number of hydrogen-bond donors (Lipinski definition) is 2. The van der Waals surface area contributed by atoms with Crippen molar-refractivity contribution in [1.29, 1.82) is 0 Å². The molecule has 1 aliphatic carbocycles. The molecule has 1 rings (SSSR count). The van der Waals surface area contributed by atoms with Crippen LogP contribution < -0.4 is 11.1 Å². The van der Waals surface area contributed by atoms with E-state index in [0.717, 1.165) is 19.3 Å². The molecule has 1 aliphatic rings. The Morgan fingerprint density at radius 2 is 2.28 bits per heavy atom. The lowest BCUT2D eigenvalue weighted by molar-refractivity contribution is -0.144. The molecule has 1 fully saturated rings. The first-order valence-electron chi connectivity index (χ1n) is 6.99. The van der Waals surface area contributed by atoms with Crippen LogP contribution in [0.5, 0.6) is 0 Å². The van der Waals surface area contributed by atoms with Crippen molar-refractivity contribution >= 4 is 5.91 Å². The molecule has 0 aliphatic heterocycles. The van der Waals surface area contributed by atoms with Crippen LogP contribution in [0, 0.1) is 5.92 Å². The van der Waals surface area contributed by atoms with E-state index in [2.05, 4.69) is 12.2 Å². The van der Waals surface area contributed by atoms with Gasteiger partial charge in [0.25, 0.3) is 5.91 Å². The van der Waals surface area contributed by atoms with Crippen molar-refractivity contribution in [3.8, 4) is 0 Å². The van der Waals surface area contributed by atoms with Gasteiger partial charge in [-0.05, 0) is 32.1 Å². The molecule has 0 aromatic rings. The van der Waals surface area contributed by atoms with Crippen molar-refractivity contribution in [1.82, 2.24) is 5.32 Å². The Labute approximate surface area is 111 Å². The summed E-state index contributed by atoms with van der Waals surface area (Å²) in [6, 6.07) is 0. The topological polar surface area (TPSA) is 64.3 Å². The SMILES string of the molecule is CCC(C)(OC)C(=O)NC1(CN)CCCC(C)C1. The fourth-order valence-electron chi connectivity index (χ4n) is 2.78. The second-order valence-electron chi connectivity index (χ2n) is 5.93. The number of hydrogen-bond acceptors (Lipinski definition) is 3. The van der Waals surface area contributed by atoms with Crippen LogP contribution in [0.3, 0.4) is 0 Å². The van der Waals surface area contributed by atoms with Gasteiger partial charge in [0, 0.05) is 13.7 Å². The number of carbonyl (C=O) groups is 1. The van der Waals surface area contributed by atoms with Crippen molar-refractivity contribution in [2.24, 2.45) is 11.7 Å². The minimum absolute atomic E-state index is 0.0351. The molecular weight excluding hydrogens is 228 g/mol. The summed E-state index contributed by atoms with van der Waals surface area (Å²) in [5.41, 5.74) is 4.94. The second-order valence-corrected chi connectivity index (χ2v) is 5.93. The van der Waals surface area contributed by atoms with Crippen LogP contribution in [0.4, 0.5) is 0 Å². The zero-order valence-corrected chi connectivity index (χ0v) is 12.2. The van der Waals surface area contributed by atoms with Gasteiger partial charge >= 0.3 is 0 Å². The first-order valence-corrected chi connectivity index (χ1v) is 6.99. The molecular formula is C14H28N2O2. The lowest BCUT2D eigenvalue weighted by Crippen LogP contribution is -2.60. The summed E-state index contributed by atoms with van der Waals surface area (Å²) in [4.78, 5) is 12.4. The van der Waals surface area contributed by atoms with Gasteiger partial charge in [0.2, 0.25) is 0 Å². The molecule has 0 bridgehead atoms. The predicted octanol–water partition coefficient (Wildman–Crippen LogP) is 1.83. The van der Waals surface area contributed by atoms with E-state index in [9.17, 15) is 4.79 Å². The zero-order chi connectivity index (χ0) is 13.8. The summed E-state index contributed by atoms with van der Waals surface area (Å²) < 4.78 is 5.35. The lowest BCUT2D eigenvalue weighted by Gasteiger charge is -2.42. The molecule has 1 amide bonds. The van der Waals surface area contributed by atoms with E-state index in [1.54, 1.807) is 7.11 Å². The van der Waals surface area contributed by atoms with Gasteiger partial charge in [-0.15, -0.1) is 0 Å². The van der Waals surface area contributed by atoms with E-state index < -0.39 is 5.60 Å². The first-order chi connectivity index (χ1) is 8.41. The summed E-state index contributed by atoms with van der Waals surface area (Å²) in [6.45, 7) is 6.53. The molecule has 106 valence electrons. The predicted molar refractivity (Wildman–Crippen MR) is 73.3 cm³/mol. The standard InChI is InChI=1S/C14H28N2O2/c1-5-13(3,18-4)12(17)16-14(10-15)8-6-7-11(2)9-14/h11H,5-10,15H2,1-4H3,(H,16,17). The molecule has 0 spiro atoms. The minimum Gasteiger partial charge on any atom is -0.369 e. The van der Waals surface area contributed by atoms with Gasteiger partial charge < -0.3 is 15.8 Å². The Bertz CT molecular complexity index is 290. The van der Waals surface area contributed by atoms with Crippen LogP contribution in [-0.4, -0.2) is 30.7 Å². The number of nitrogens with one attached hydrogen (secondary N) is 1. The van der Waals surface area contributed by atoms with Crippen molar-refractivity contribution in [3.63, 3.8) is 0 Å². The fourth-order valence-corrected chi connectivity index (χ4v) is 2.78. The van der Waals surface area contributed by atoms with Gasteiger partial charge in [0.1, 0.15) is 5.60 Å². The quantitative estimate of drug-likeness (QED) is 0.788. The fraction of sp³-hybridized carbons (Fsp3) is 0.929. The van der Waals surface area contributed by atoms with Crippen molar-refractivity contribution in [2.45, 2.75) is 64.0 Å². The Morgan fingerprint density at radius 3 is 2.72 bits per heavy atom. The summed E-state index contributed by atoms with van der Waals surface area (Å²) in [5, 5.41) is 3.17. The highest BCUT2D eigenvalue weighted by atomic mass is 16.5. The van der Waals surface area contributed by atoms with Crippen molar-refractivity contribution < 1.29 is 9.53 Å². The van der Waals surface area contributed by atoms with Crippen LogP contribution in [0.25, 0.3) is 0 Å². The number of rotatable bonds is 5. The zero-order valence-electron chi connectivity index (χ0n) is 12.2. The van der Waals surface area contributed by atoms with Gasteiger partial charge in [-0.25, -0.2) is 0 Å². The molecule has 0 aromatic carbocycles. The van der Waals surface area contributed by atoms with E-state index in [4.69, 9.17) is 10.5 Å². The highest BCUT2D eigenvalue weighted by molar-refractivity contribution is 5.85. The van der Waals surface area contributed by atoms with E-state index in [0.29, 0.717) is 18.9 Å². The average Bonchev–Trinajstić information content (AvgIpc) is 2.37. The smallest absolute Gasteiger partial charge is 0.252 e. The van der Waals surface area contributed by atoms with Crippen LogP contribution in [0.2, 0.25) is 0 Å². The Hall–Kier alpha value is -0.610. The van der Waals surface area contributed by atoms with Crippen molar-refractivity contribution in [3.05, 3.63) is 0 Å². The third kappa shape index (κ3) is 3.23. The first kappa shape index (κ1) is 15.4. The van der Waals surface area contributed by atoms with Gasteiger partial charge in [0.15, 0.2) is 0 Å². The summed E-state index contributed by atoms with van der Waals surface area (Å²) in [7, 11) is 1.59. The van der Waals surface area contributed by atoms with E-state index in [-0.39, 0.29) is 11.4 Å². The minimum atomic E-state index is -0.747. The van der Waals surface area contributed by atoms with Crippen LogP contribution in [-0.2, 0) is 9.53 Å². The second kappa shape index (κ2) is 6.02. The van der Waals surface area contributed by atoms with Gasteiger partial charge in [-0.3, -0.25) is 4.79 Å². The van der Waals surface area contributed by atoms with Gasteiger partial charge in [-0.1, -0.05) is 26.7 Å². The highest BCUT2D eigenvalue weighted by Gasteiger charge is 2.40. The summed E-state index contributed by atoms with van der Waals surface area (Å²) >= 11 is 0. The molecule has 0 saturated heterocycles. The summed E-state index contributed by atoms with van der Waals surface area (Å²) in [5.74, 6) is 0.588. The van der Waals surface area contributed by atoms with Crippen molar-refractivity contribution in [2.75, 3.05) is 13.7 Å². The number of amides is 1. The number of carbonyl (C=O) groups excluding carboxylic acids is 1. The third-order valence-corrected chi connectivity index (χ3v) is 4.47. The number of ether oxygens (including phenoxy) is 1.